The van der Waals surface area contributed by atoms with E-state index in [1.165, 1.54) is 52.1 Å². The lowest BCUT2D eigenvalue weighted by atomic mass is 10.1. The second kappa shape index (κ2) is 4.28. The Bertz CT molecular complexity index is 242. The van der Waals surface area contributed by atoms with Crippen LogP contribution in [-0.4, -0.2) is 73.1 Å². The quantitative estimate of drug-likeness (QED) is 0.650. The zero-order valence-corrected chi connectivity index (χ0v) is 10.7. The normalized spacial score (nSPS) is 44.6. The van der Waals surface area contributed by atoms with Gasteiger partial charge in [0.2, 0.25) is 0 Å². The van der Waals surface area contributed by atoms with E-state index in [9.17, 15) is 0 Å². The van der Waals surface area contributed by atoms with Crippen LogP contribution in [0.1, 0.15) is 19.8 Å². The minimum absolute atomic E-state index is 0.804. The van der Waals surface area contributed by atoms with Gasteiger partial charge >= 0.3 is 0 Å². The monoisotopic (exact) mass is 223 g/mol. The summed E-state index contributed by atoms with van der Waals surface area (Å²) < 4.78 is 0. The molecule has 0 saturated carbocycles. The molecule has 3 rings (SSSR count). The van der Waals surface area contributed by atoms with Crippen LogP contribution in [0.25, 0.3) is 0 Å². The van der Waals surface area contributed by atoms with Crippen molar-refractivity contribution < 1.29 is 0 Å². The summed E-state index contributed by atoms with van der Waals surface area (Å²) >= 11 is 0. The van der Waals surface area contributed by atoms with Crippen LogP contribution >= 0.6 is 0 Å². The Hall–Kier alpha value is -0.120. The van der Waals surface area contributed by atoms with E-state index in [4.69, 9.17) is 0 Å². The van der Waals surface area contributed by atoms with Crippen molar-refractivity contribution >= 4 is 0 Å². The van der Waals surface area contributed by atoms with Gasteiger partial charge in [-0.2, -0.15) is 0 Å². The smallest absolute Gasteiger partial charge is 0.0351 e. The third-order valence-corrected chi connectivity index (χ3v) is 4.71. The Morgan fingerprint density at radius 2 is 1.94 bits per heavy atom. The first-order valence-electron chi connectivity index (χ1n) is 6.89. The van der Waals surface area contributed by atoms with Crippen LogP contribution in [-0.2, 0) is 0 Å². The van der Waals surface area contributed by atoms with Gasteiger partial charge in [-0.25, -0.2) is 0 Å². The summed E-state index contributed by atoms with van der Waals surface area (Å²) in [6.07, 6.45) is 2.83. The summed E-state index contributed by atoms with van der Waals surface area (Å²) in [6, 6.07) is 1.71. The third kappa shape index (κ3) is 2.27. The van der Waals surface area contributed by atoms with Crippen LogP contribution in [0.3, 0.4) is 0 Å². The van der Waals surface area contributed by atoms with Gasteiger partial charge in [0.05, 0.1) is 0 Å². The molecule has 4 atom stereocenters. The Kier molecular flexibility index (Phi) is 2.94. The van der Waals surface area contributed by atoms with Crippen LogP contribution in [0.4, 0.5) is 0 Å². The fourth-order valence-corrected chi connectivity index (χ4v) is 3.27. The van der Waals surface area contributed by atoms with Gasteiger partial charge in [0, 0.05) is 38.3 Å². The number of nitrogens with zero attached hydrogens (tertiary/aromatic N) is 3. The Labute approximate surface area is 99.4 Å². The van der Waals surface area contributed by atoms with Crippen molar-refractivity contribution in [3.8, 4) is 0 Å². The molecule has 16 heavy (non-hydrogen) atoms. The molecular formula is C13H25N3. The number of hydrogen-bond donors (Lipinski definition) is 0. The van der Waals surface area contributed by atoms with Crippen molar-refractivity contribution in [3.63, 3.8) is 0 Å². The summed E-state index contributed by atoms with van der Waals surface area (Å²) in [6.45, 7) is 10.4. The Morgan fingerprint density at radius 3 is 2.50 bits per heavy atom. The maximum absolute atomic E-state index is 2.69. The highest BCUT2D eigenvalue weighted by Crippen LogP contribution is 2.27. The molecule has 3 saturated heterocycles. The van der Waals surface area contributed by atoms with Crippen LogP contribution in [0.5, 0.6) is 0 Å². The molecule has 3 aliphatic heterocycles. The lowest BCUT2D eigenvalue weighted by Crippen LogP contribution is -2.40. The van der Waals surface area contributed by atoms with E-state index in [1.54, 1.807) is 0 Å². The van der Waals surface area contributed by atoms with E-state index >= 15 is 0 Å². The van der Waals surface area contributed by atoms with E-state index in [0.717, 1.165) is 18.0 Å². The summed E-state index contributed by atoms with van der Waals surface area (Å²) in [4.78, 5) is 7.81. The van der Waals surface area contributed by atoms with Gasteiger partial charge in [0.15, 0.2) is 0 Å². The highest BCUT2D eigenvalue weighted by Gasteiger charge is 2.39. The number of likely N-dealkylation sites (tertiary alicyclic amines) is 2. The largest absolute Gasteiger partial charge is 0.303 e. The molecular weight excluding hydrogens is 198 g/mol. The van der Waals surface area contributed by atoms with Crippen LogP contribution in [0, 0.1) is 5.92 Å². The summed E-state index contributed by atoms with van der Waals surface area (Å²) in [5.74, 6) is 0.932. The summed E-state index contributed by atoms with van der Waals surface area (Å²) in [5, 5.41) is 0. The minimum atomic E-state index is 0.804. The maximum Gasteiger partial charge on any atom is 0.0351 e. The summed E-state index contributed by atoms with van der Waals surface area (Å²) in [7, 11) is 2.27. The molecule has 3 aliphatic rings. The second-order valence-electron chi connectivity index (χ2n) is 6.15. The first kappa shape index (κ1) is 11.0. The van der Waals surface area contributed by atoms with Crippen molar-refractivity contribution in [1.82, 2.24) is 14.7 Å². The molecule has 0 spiro atoms. The van der Waals surface area contributed by atoms with E-state index in [1.807, 2.05) is 0 Å². The van der Waals surface area contributed by atoms with Gasteiger partial charge in [-0.15, -0.1) is 0 Å². The first-order chi connectivity index (χ1) is 7.72. The first-order valence-corrected chi connectivity index (χ1v) is 6.89. The fourth-order valence-electron chi connectivity index (χ4n) is 3.27. The van der Waals surface area contributed by atoms with Gasteiger partial charge < -0.3 is 9.80 Å². The average molecular weight is 223 g/mol. The lowest BCUT2D eigenvalue weighted by molar-refractivity contribution is 0.173. The molecule has 0 aromatic rings. The van der Waals surface area contributed by atoms with Gasteiger partial charge in [-0.1, -0.05) is 0 Å². The van der Waals surface area contributed by atoms with Gasteiger partial charge in [-0.05, 0) is 45.8 Å². The van der Waals surface area contributed by atoms with Gasteiger partial charge in [0.25, 0.3) is 0 Å². The number of rotatable bonds is 4. The van der Waals surface area contributed by atoms with Crippen LogP contribution in [0.15, 0.2) is 0 Å². The van der Waals surface area contributed by atoms with Crippen LogP contribution < -0.4 is 0 Å². The zero-order chi connectivity index (χ0) is 11.1. The zero-order valence-electron chi connectivity index (χ0n) is 10.7. The maximum atomic E-state index is 2.69. The molecule has 0 aliphatic carbocycles. The molecule has 3 heterocycles. The van der Waals surface area contributed by atoms with Gasteiger partial charge in [-0.3, -0.25) is 4.90 Å². The van der Waals surface area contributed by atoms with E-state index in [2.05, 4.69) is 28.7 Å². The predicted molar refractivity (Wildman–Crippen MR) is 66.6 cm³/mol. The highest BCUT2D eigenvalue weighted by atomic mass is 15.4. The fraction of sp³-hybridized carbons (Fsp3) is 1.00. The predicted octanol–water partition coefficient (Wildman–Crippen LogP) is 0.717. The topological polar surface area (TPSA) is 9.49 Å². The van der Waals surface area contributed by atoms with Crippen molar-refractivity contribution in [1.29, 1.82) is 0 Å². The van der Waals surface area contributed by atoms with Crippen LogP contribution in [0.2, 0.25) is 0 Å². The van der Waals surface area contributed by atoms with Gasteiger partial charge in [0.1, 0.15) is 0 Å². The molecule has 0 radical (unpaired) electrons. The van der Waals surface area contributed by atoms with Crippen molar-refractivity contribution in [2.45, 2.75) is 31.8 Å². The van der Waals surface area contributed by atoms with E-state index in [0.29, 0.717) is 0 Å². The Balaban J connectivity index is 1.37. The molecule has 3 fully saturated rings. The van der Waals surface area contributed by atoms with E-state index in [-0.39, 0.29) is 0 Å². The molecule has 0 N–H and O–H groups in total. The molecule has 0 aromatic heterocycles. The highest BCUT2D eigenvalue weighted by molar-refractivity contribution is 4.95. The van der Waals surface area contributed by atoms with Crippen molar-refractivity contribution in [3.05, 3.63) is 0 Å². The van der Waals surface area contributed by atoms with E-state index < -0.39 is 0 Å². The average Bonchev–Trinajstić information content (AvgIpc) is 2.81. The SMILES string of the molecule is CC1CC(CN2CC2CN2CCC2)CN1C. The molecule has 4 unspecified atom stereocenters. The minimum Gasteiger partial charge on any atom is -0.303 e. The molecule has 0 bridgehead atoms. The van der Waals surface area contributed by atoms with Crippen molar-refractivity contribution in [2.24, 2.45) is 5.92 Å². The molecule has 0 aromatic carbocycles. The summed E-state index contributed by atoms with van der Waals surface area (Å²) in [5.41, 5.74) is 0. The molecule has 3 heteroatoms. The Morgan fingerprint density at radius 1 is 1.12 bits per heavy atom. The molecule has 3 nitrogen and oxygen atoms in total. The molecule has 92 valence electrons. The lowest BCUT2D eigenvalue weighted by Gasteiger charge is -2.30. The second-order valence-corrected chi connectivity index (χ2v) is 6.15. The standard InChI is InChI=1S/C13H25N3/c1-11-6-12(7-14(11)2)8-16-10-13(16)9-15-4-3-5-15/h11-13H,3-10H2,1-2H3. The molecule has 0 amide bonds. The third-order valence-electron chi connectivity index (χ3n) is 4.71. The van der Waals surface area contributed by atoms with Crippen molar-refractivity contribution in [2.75, 3.05) is 46.3 Å². The number of hydrogen-bond acceptors (Lipinski definition) is 3.